The van der Waals surface area contributed by atoms with Gasteiger partial charge in [-0.3, -0.25) is 9.69 Å². The minimum absolute atomic E-state index is 0.0711. The molecule has 2 aromatic rings. The van der Waals surface area contributed by atoms with Crippen LogP contribution >= 0.6 is 11.6 Å². The van der Waals surface area contributed by atoms with Crippen molar-refractivity contribution in [1.29, 1.82) is 0 Å². The van der Waals surface area contributed by atoms with E-state index in [-0.39, 0.29) is 11.9 Å². The van der Waals surface area contributed by atoms with Crippen LogP contribution in [0.5, 0.6) is 5.75 Å². The number of amides is 1. The van der Waals surface area contributed by atoms with Crippen molar-refractivity contribution >= 4 is 34.6 Å². The van der Waals surface area contributed by atoms with E-state index in [1.54, 1.807) is 18.2 Å². The van der Waals surface area contributed by atoms with E-state index in [1.165, 1.54) is 0 Å². The number of ether oxygens (including phenoxy) is 1. The number of carbonyl (C=O) groups excluding carboxylic acids is 1. The summed E-state index contributed by atoms with van der Waals surface area (Å²) in [5.41, 5.74) is 2.50. The van der Waals surface area contributed by atoms with Gasteiger partial charge in [0.15, 0.2) is 0 Å². The van der Waals surface area contributed by atoms with Gasteiger partial charge in [-0.2, -0.15) is 0 Å². The van der Waals surface area contributed by atoms with Crippen molar-refractivity contribution in [2.75, 3.05) is 41.7 Å². The summed E-state index contributed by atoms with van der Waals surface area (Å²) in [7, 11) is 0. The van der Waals surface area contributed by atoms with Gasteiger partial charge in [0.2, 0.25) is 5.91 Å². The number of anilines is 3. The van der Waals surface area contributed by atoms with Gasteiger partial charge in [-0.25, -0.2) is 0 Å². The molecule has 0 aromatic heterocycles. The zero-order chi connectivity index (χ0) is 19.7. The first-order chi connectivity index (χ1) is 13.5. The van der Waals surface area contributed by atoms with Crippen LogP contribution in [0.2, 0.25) is 5.02 Å². The Balaban J connectivity index is 1.32. The molecule has 0 aliphatic carbocycles. The van der Waals surface area contributed by atoms with Crippen molar-refractivity contribution in [3.63, 3.8) is 0 Å². The monoisotopic (exact) mass is 402 g/mol. The fourth-order valence-corrected chi connectivity index (χ4v) is 3.73. The number of nitrogens with zero attached hydrogens (tertiary/aromatic N) is 2. The minimum atomic E-state index is -1.04. The molecule has 2 aliphatic heterocycles. The zero-order valence-electron chi connectivity index (χ0n) is 15.6. The second-order valence-corrected chi connectivity index (χ2v) is 7.55. The molecule has 1 saturated heterocycles. The van der Waals surface area contributed by atoms with Crippen LogP contribution in [-0.2, 0) is 4.79 Å². The average Bonchev–Trinajstić information content (AvgIpc) is 3.03. The molecule has 0 radical (unpaired) electrons. The Labute approximate surface area is 168 Å². The standard InChI is InChI=1S/C20H23ClN4O3/c1-13-11-25(16-5-2-14(21)3-6-16)9-8-24(13)12-19(26)22-15-4-7-17-18(10-15)28-20(27)23-17/h2-7,10,13,20,23,27H,8-9,11-12H2,1H3,(H,22,26)/t13-,20?/m1/s1. The number of rotatable bonds is 4. The fraction of sp³-hybridized carbons (Fsp3) is 0.350. The lowest BCUT2D eigenvalue weighted by Gasteiger charge is -2.40. The highest BCUT2D eigenvalue weighted by molar-refractivity contribution is 6.30. The first-order valence-corrected chi connectivity index (χ1v) is 9.65. The third kappa shape index (κ3) is 4.16. The van der Waals surface area contributed by atoms with Gasteiger partial charge in [-0.05, 0) is 43.3 Å². The van der Waals surface area contributed by atoms with Gasteiger partial charge in [-0.15, -0.1) is 0 Å². The van der Waals surface area contributed by atoms with Crippen molar-refractivity contribution < 1.29 is 14.6 Å². The number of hydrogen-bond acceptors (Lipinski definition) is 6. The SMILES string of the molecule is C[C@@H]1CN(c2ccc(Cl)cc2)CCN1CC(=O)Nc1ccc2c(c1)OC(O)N2. The molecule has 2 aliphatic rings. The van der Waals surface area contributed by atoms with Crippen molar-refractivity contribution in [2.24, 2.45) is 0 Å². The molecule has 1 amide bonds. The van der Waals surface area contributed by atoms with E-state index in [4.69, 9.17) is 16.3 Å². The maximum Gasteiger partial charge on any atom is 0.279 e. The number of aliphatic hydroxyl groups excluding tert-OH is 1. The molecule has 4 rings (SSSR count). The Morgan fingerprint density at radius 2 is 2.07 bits per heavy atom. The number of nitrogens with one attached hydrogen (secondary N) is 2. The van der Waals surface area contributed by atoms with E-state index in [2.05, 4.69) is 27.4 Å². The molecule has 28 heavy (non-hydrogen) atoms. The number of fused-ring (bicyclic) bond motifs is 1. The van der Waals surface area contributed by atoms with Crippen LogP contribution in [0.1, 0.15) is 6.92 Å². The molecule has 1 fully saturated rings. The van der Waals surface area contributed by atoms with Gasteiger partial charge >= 0.3 is 0 Å². The molecule has 2 heterocycles. The predicted octanol–water partition coefficient (Wildman–Crippen LogP) is 2.57. The third-order valence-electron chi connectivity index (χ3n) is 5.09. The van der Waals surface area contributed by atoms with Crippen LogP contribution in [0.3, 0.4) is 0 Å². The number of hydrogen-bond donors (Lipinski definition) is 3. The zero-order valence-corrected chi connectivity index (χ0v) is 16.3. The summed E-state index contributed by atoms with van der Waals surface area (Å²) < 4.78 is 5.23. The highest BCUT2D eigenvalue weighted by atomic mass is 35.5. The number of benzene rings is 2. The molecule has 1 unspecified atom stereocenters. The Hall–Kier alpha value is -2.48. The van der Waals surface area contributed by atoms with Crippen LogP contribution < -0.4 is 20.3 Å². The Morgan fingerprint density at radius 1 is 1.29 bits per heavy atom. The molecule has 148 valence electrons. The van der Waals surface area contributed by atoms with Crippen molar-refractivity contribution in [1.82, 2.24) is 4.90 Å². The summed E-state index contributed by atoms with van der Waals surface area (Å²) in [6.07, 6.45) is -1.04. The molecule has 0 bridgehead atoms. The van der Waals surface area contributed by atoms with Gasteiger partial charge < -0.3 is 25.4 Å². The smallest absolute Gasteiger partial charge is 0.279 e. The summed E-state index contributed by atoms with van der Waals surface area (Å²) in [5, 5.41) is 15.9. The lowest BCUT2D eigenvalue weighted by Crippen LogP contribution is -2.53. The second kappa shape index (κ2) is 7.87. The van der Waals surface area contributed by atoms with E-state index >= 15 is 0 Å². The lowest BCUT2D eigenvalue weighted by atomic mass is 10.1. The summed E-state index contributed by atoms with van der Waals surface area (Å²) in [4.78, 5) is 17.0. The Bertz CT molecular complexity index is 861. The molecular weight excluding hydrogens is 380 g/mol. The number of carbonyl (C=O) groups is 1. The van der Waals surface area contributed by atoms with Crippen molar-refractivity contribution in [2.45, 2.75) is 19.4 Å². The number of aliphatic hydroxyl groups is 1. The van der Waals surface area contributed by atoms with E-state index in [9.17, 15) is 9.90 Å². The van der Waals surface area contributed by atoms with Gasteiger partial charge in [-0.1, -0.05) is 11.6 Å². The van der Waals surface area contributed by atoms with Gasteiger partial charge in [0.05, 0.1) is 12.2 Å². The van der Waals surface area contributed by atoms with Gasteiger partial charge in [0.25, 0.3) is 6.41 Å². The van der Waals surface area contributed by atoms with Crippen LogP contribution in [0, 0.1) is 0 Å². The van der Waals surface area contributed by atoms with E-state index < -0.39 is 6.41 Å². The molecule has 8 heteroatoms. The number of halogens is 1. The summed E-state index contributed by atoms with van der Waals surface area (Å²) in [6.45, 7) is 4.97. The van der Waals surface area contributed by atoms with E-state index in [1.807, 2.05) is 24.3 Å². The molecule has 0 saturated carbocycles. The molecule has 2 atom stereocenters. The van der Waals surface area contributed by atoms with Crippen LogP contribution in [0.15, 0.2) is 42.5 Å². The first-order valence-electron chi connectivity index (χ1n) is 9.28. The molecule has 3 N–H and O–H groups in total. The van der Waals surface area contributed by atoms with Crippen molar-refractivity contribution in [3.8, 4) is 5.75 Å². The maximum atomic E-state index is 12.5. The quantitative estimate of drug-likeness (QED) is 0.729. The van der Waals surface area contributed by atoms with E-state index in [0.717, 1.165) is 30.3 Å². The topological polar surface area (TPSA) is 77.1 Å². The lowest BCUT2D eigenvalue weighted by molar-refractivity contribution is -0.117. The molecule has 2 aromatic carbocycles. The fourth-order valence-electron chi connectivity index (χ4n) is 3.60. The minimum Gasteiger partial charge on any atom is -0.445 e. The van der Waals surface area contributed by atoms with E-state index in [0.29, 0.717) is 23.7 Å². The normalized spacial score (nSPS) is 21.6. The highest BCUT2D eigenvalue weighted by Gasteiger charge is 2.26. The first kappa shape index (κ1) is 18.9. The maximum absolute atomic E-state index is 12.5. The predicted molar refractivity (Wildman–Crippen MR) is 110 cm³/mol. The Kier molecular flexibility index (Phi) is 5.30. The van der Waals surface area contributed by atoms with Crippen LogP contribution in [0.4, 0.5) is 17.1 Å². The average molecular weight is 403 g/mol. The largest absolute Gasteiger partial charge is 0.445 e. The molecule has 7 nitrogen and oxygen atoms in total. The summed E-state index contributed by atoms with van der Waals surface area (Å²) in [6, 6.07) is 13.4. The third-order valence-corrected chi connectivity index (χ3v) is 5.34. The van der Waals surface area contributed by atoms with Gasteiger partial charge in [0.1, 0.15) is 5.75 Å². The van der Waals surface area contributed by atoms with Gasteiger partial charge in [0, 0.05) is 48.1 Å². The molecule has 0 spiro atoms. The summed E-state index contributed by atoms with van der Waals surface area (Å²) >= 11 is 5.97. The van der Waals surface area contributed by atoms with Crippen molar-refractivity contribution in [3.05, 3.63) is 47.5 Å². The van der Waals surface area contributed by atoms with Crippen LogP contribution in [-0.4, -0.2) is 54.5 Å². The van der Waals surface area contributed by atoms with Crippen LogP contribution in [0.25, 0.3) is 0 Å². The molecular formula is C20H23ClN4O3. The summed E-state index contributed by atoms with van der Waals surface area (Å²) in [5.74, 6) is 0.452. The second-order valence-electron chi connectivity index (χ2n) is 7.12. The highest BCUT2D eigenvalue weighted by Crippen LogP contribution is 2.33. The Morgan fingerprint density at radius 3 is 2.82 bits per heavy atom. The number of piperazine rings is 1.